The van der Waals surface area contributed by atoms with Crippen LogP contribution >= 0.6 is 0 Å². The Morgan fingerprint density at radius 3 is 2.35 bits per heavy atom. The number of benzene rings is 1. The van der Waals surface area contributed by atoms with Gasteiger partial charge < -0.3 is 19.6 Å². The van der Waals surface area contributed by atoms with Crippen LogP contribution in [0.3, 0.4) is 0 Å². The summed E-state index contributed by atoms with van der Waals surface area (Å²) < 4.78 is 5.65. The Morgan fingerprint density at radius 1 is 1.13 bits per heavy atom. The Morgan fingerprint density at radius 2 is 1.77 bits per heavy atom. The summed E-state index contributed by atoms with van der Waals surface area (Å²) in [5, 5.41) is 11.1. The first-order valence-corrected chi connectivity index (χ1v) is 10.4. The third-order valence-electron chi connectivity index (χ3n) is 5.07. The lowest BCUT2D eigenvalue weighted by molar-refractivity contribution is -0.139. The maximum absolute atomic E-state index is 13.0. The third-order valence-corrected chi connectivity index (χ3v) is 5.07. The second-order valence-corrected chi connectivity index (χ2v) is 8.12. The molecule has 1 fully saturated rings. The van der Waals surface area contributed by atoms with Gasteiger partial charge in [-0.2, -0.15) is 0 Å². The summed E-state index contributed by atoms with van der Waals surface area (Å²) in [4.78, 5) is 33.4. The summed E-state index contributed by atoms with van der Waals surface area (Å²) in [6.07, 6.45) is 3.97. The average Bonchev–Trinajstić information content (AvgIpc) is 2.99. The molecule has 1 aromatic heterocycles. The van der Waals surface area contributed by atoms with Crippen molar-refractivity contribution in [1.29, 1.82) is 0 Å². The predicted octanol–water partition coefficient (Wildman–Crippen LogP) is 3.24. The van der Waals surface area contributed by atoms with Crippen LogP contribution in [0.25, 0.3) is 5.76 Å². The molecule has 0 spiro atoms. The summed E-state index contributed by atoms with van der Waals surface area (Å²) >= 11 is 0. The second-order valence-electron chi connectivity index (χ2n) is 8.12. The van der Waals surface area contributed by atoms with Gasteiger partial charge in [-0.1, -0.05) is 0 Å². The Labute approximate surface area is 183 Å². The van der Waals surface area contributed by atoms with E-state index in [4.69, 9.17) is 4.74 Å². The molecule has 1 atom stereocenters. The van der Waals surface area contributed by atoms with Crippen LogP contribution in [0.4, 0.5) is 0 Å². The van der Waals surface area contributed by atoms with Crippen molar-refractivity contribution < 1.29 is 19.4 Å². The Bertz CT molecular complexity index is 953. The van der Waals surface area contributed by atoms with E-state index in [0.29, 0.717) is 24.3 Å². The number of ketones is 1. The van der Waals surface area contributed by atoms with E-state index in [-0.39, 0.29) is 17.4 Å². The fourth-order valence-electron chi connectivity index (χ4n) is 3.68. The Hall–Kier alpha value is -3.19. The van der Waals surface area contributed by atoms with Gasteiger partial charge in [0, 0.05) is 24.5 Å². The molecule has 1 aliphatic rings. The number of pyridine rings is 1. The molecule has 7 heteroatoms. The van der Waals surface area contributed by atoms with Gasteiger partial charge in [0.15, 0.2) is 0 Å². The zero-order chi connectivity index (χ0) is 22.5. The first-order chi connectivity index (χ1) is 14.8. The maximum Gasteiger partial charge on any atom is 0.295 e. The molecule has 0 saturated carbocycles. The molecule has 1 amide bonds. The number of aromatic nitrogens is 1. The van der Waals surface area contributed by atoms with Crippen molar-refractivity contribution in [2.24, 2.45) is 0 Å². The number of aliphatic hydroxyl groups excluding tert-OH is 1. The fraction of sp³-hybridized carbons (Fsp3) is 0.375. The largest absolute Gasteiger partial charge is 0.507 e. The first kappa shape index (κ1) is 22.5. The number of carbonyl (C=O) groups excluding carboxylic acids is 2. The molecule has 3 rings (SSSR count). The number of aliphatic hydroxyl groups is 1. The highest BCUT2D eigenvalue weighted by atomic mass is 16.5. The van der Waals surface area contributed by atoms with Crippen LogP contribution in [-0.2, 0) is 9.59 Å². The quantitative estimate of drug-likeness (QED) is 0.399. The topological polar surface area (TPSA) is 83.0 Å². The molecule has 2 heterocycles. The van der Waals surface area contributed by atoms with Crippen molar-refractivity contribution in [2.75, 3.05) is 27.2 Å². The molecule has 0 bridgehead atoms. The van der Waals surface area contributed by atoms with E-state index >= 15 is 0 Å². The monoisotopic (exact) mass is 423 g/mol. The second kappa shape index (κ2) is 9.75. The minimum absolute atomic E-state index is 0.0265. The lowest BCUT2D eigenvalue weighted by Gasteiger charge is -2.25. The van der Waals surface area contributed by atoms with E-state index in [2.05, 4.69) is 4.98 Å². The molecule has 1 saturated heterocycles. The summed E-state index contributed by atoms with van der Waals surface area (Å²) in [5.74, 6) is -0.790. The molecule has 1 aromatic carbocycles. The first-order valence-electron chi connectivity index (χ1n) is 10.4. The minimum Gasteiger partial charge on any atom is -0.507 e. The van der Waals surface area contributed by atoms with Crippen LogP contribution < -0.4 is 4.74 Å². The molecular weight excluding hydrogens is 394 g/mol. The van der Waals surface area contributed by atoms with Gasteiger partial charge in [-0.05, 0) is 82.9 Å². The molecule has 0 aliphatic carbocycles. The maximum atomic E-state index is 13.0. The van der Waals surface area contributed by atoms with Gasteiger partial charge in [0.05, 0.1) is 17.7 Å². The molecular formula is C24H29N3O4. The van der Waals surface area contributed by atoms with Crippen LogP contribution in [0.2, 0.25) is 0 Å². The minimum atomic E-state index is -0.674. The number of rotatable bonds is 8. The van der Waals surface area contributed by atoms with Gasteiger partial charge in [0.1, 0.15) is 11.5 Å². The van der Waals surface area contributed by atoms with Crippen molar-refractivity contribution in [3.8, 4) is 5.75 Å². The smallest absolute Gasteiger partial charge is 0.295 e. The molecule has 2 aromatic rings. The number of Topliss-reactive ketones (excluding diaryl/α,β-unsaturated/α-hetero) is 1. The normalized spacial score (nSPS) is 18.3. The highest BCUT2D eigenvalue weighted by Crippen LogP contribution is 2.39. The SMILES string of the molecule is CC(C)Oc1ccc(C(O)=C2C(=O)C(=O)N(CCCN(C)C)[C@H]2c2ccncc2)cc1. The van der Waals surface area contributed by atoms with Crippen molar-refractivity contribution >= 4 is 17.4 Å². The fourth-order valence-corrected chi connectivity index (χ4v) is 3.68. The highest BCUT2D eigenvalue weighted by molar-refractivity contribution is 6.46. The lowest BCUT2D eigenvalue weighted by atomic mass is 9.96. The number of amides is 1. The van der Waals surface area contributed by atoms with E-state index < -0.39 is 17.7 Å². The van der Waals surface area contributed by atoms with Crippen molar-refractivity contribution in [3.05, 3.63) is 65.5 Å². The summed E-state index contributed by atoms with van der Waals surface area (Å²) in [5.41, 5.74) is 1.29. The van der Waals surface area contributed by atoms with Crippen molar-refractivity contribution in [2.45, 2.75) is 32.4 Å². The van der Waals surface area contributed by atoms with Gasteiger partial charge in [-0.25, -0.2) is 0 Å². The van der Waals surface area contributed by atoms with Gasteiger partial charge in [0.2, 0.25) is 0 Å². The molecule has 0 radical (unpaired) electrons. The van der Waals surface area contributed by atoms with Crippen LogP contribution in [-0.4, -0.2) is 64.9 Å². The van der Waals surface area contributed by atoms with Gasteiger partial charge in [-0.3, -0.25) is 14.6 Å². The number of carbonyl (C=O) groups is 2. The number of ether oxygens (including phenoxy) is 1. The molecule has 7 nitrogen and oxygen atoms in total. The van der Waals surface area contributed by atoms with Crippen molar-refractivity contribution in [3.63, 3.8) is 0 Å². The van der Waals surface area contributed by atoms with Gasteiger partial charge in [0.25, 0.3) is 11.7 Å². The average molecular weight is 424 g/mol. The van der Waals surface area contributed by atoms with E-state index in [1.807, 2.05) is 32.8 Å². The van der Waals surface area contributed by atoms with Crippen LogP contribution in [0.15, 0.2) is 54.4 Å². The van der Waals surface area contributed by atoms with E-state index in [0.717, 1.165) is 12.1 Å². The summed E-state index contributed by atoms with van der Waals surface area (Å²) in [6.45, 7) is 5.05. The van der Waals surface area contributed by atoms with E-state index in [1.165, 1.54) is 0 Å². The molecule has 0 unspecified atom stereocenters. The zero-order valence-corrected chi connectivity index (χ0v) is 18.4. The van der Waals surface area contributed by atoms with Gasteiger partial charge >= 0.3 is 0 Å². The number of hydrogen-bond donors (Lipinski definition) is 1. The van der Waals surface area contributed by atoms with Crippen LogP contribution in [0, 0.1) is 0 Å². The Balaban J connectivity index is 2.01. The zero-order valence-electron chi connectivity index (χ0n) is 18.4. The van der Waals surface area contributed by atoms with E-state index in [9.17, 15) is 14.7 Å². The standard InChI is InChI=1S/C24H29N3O4/c1-16(2)31-19-8-6-18(7-9-19)22(28)20-21(17-10-12-25-13-11-17)27(24(30)23(20)29)15-5-14-26(3)4/h6-13,16,21,28H,5,14-15H2,1-4H3/t21-/m0/s1. The van der Waals surface area contributed by atoms with Crippen LogP contribution in [0.1, 0.15) is 37.4 Å². The van der Waals surface area contributed by atoms with E-state index in [1.54, 1.807) is 53.7 Å². The van der Waals surface area contributed by atoms with Crippen molar-refractivity contribution in [1.82, 2.24) is 14.8 Å². The third kappa shape index (κ3) is 5.11. The summed E-state index contributed by atoms with van der Waals surface area (Å²) in [7, 11) is 3.92. The lowest BCUT2D eigenvalue weighted by Crippen LogP contribution is -2.32. The summed E-state index contributed by atoms with van der Waals surface area (Å²) in [6, 6.07) is 9.74. The predicted molar refractivity (Wildman–Crippen MR) is 119 cm³/mol. The van der Waals surface area contributed by atoms with Gasteiger partial charge in [-0.15, -0.1) is 0 Å². The number of hydrogen-bond acceptors (Lipinski definition) is 6. The Kier molecular flexibility index (Phi) is 7.07. The molecule has 164 valence electrons. The molecule has 31 heavy (non-hydrogen) atoms. The molecule has 1 N–H and O–H groups in total. The number of nitrogens with zero attached hydrogens (tertiary/aromatic N) is 3. The van der Waals surface area contributed by atoms with Crippen LogP contribution in [0.5, 0.6) is 5.75 Å². The number of likely N-dealkylation sites (tertiary alicyclic amines) is 1. The highest BCUT2D eigenvalue weighted by Gasteiger charge is 2.45. The molecule has 1 aliphatic heterocycles.